The topological polar surface area (TPSA) is 51.2 Å². The standard InChI is InChI=1S/C20H16F2N2O2S/c21-20(22)26-17-9-6-14(7-10-17)8-11-18(25)23-12-16-13-27-19(24-16)15-4-2-1-3-5-15/h1-11,13,20H,12H2,(H,23,25)/b11-8+. The summed E-state index contributed by atoms with van der Waals surface area (Å²) in [6.45, 7) is -2.53. The van der Waals surface area contributed by atoms with E-state index in [0.29, 0.717) is 12.1 Å². The number of carbonyl (C=O) groups is 1. The fraction of sp³-hybridized carbons (Fsp3) is 0.100. The quantitative estimate of drug-likeness (QED) is 0.597. The maximum absolute atomic E-state index is 12.1. The summed E-state index contributed by atoms with van der Waals surface area (Å²) in [4.78, 5) is 16.4. The first-order chi connectivity index (χ1) is 13.1. The number of nitrogens with one attached hydrogen (secondary N) is 1. The number of thiazole rings is 1. The summed E-state index contributed by atoms with van der Waals surface area (Å²) in [5.41, 5.74) is 2.53. The van der Waals surface area contributed by atoms with Gasteiger partial charge >= 0.3 is 6.61 Å². The van der Waals surface area contributed by atoms with E-state index in [1.807, 2.05) is 35.7 Å². The molecule has 0 bridgehead atoms. The van der Waals surface area contributed by atoms with E-state index in [0.717, 1.165) is 16.3 Å². The molecule has 27 heavy (non-hydrogen) atoms. The first-order valence-corrected chi connectivity index (χ1v) is 8.99. The SMILES string of the molecule is O=C(/C=C/c1ccc(OC(F)F)cc1)NCc1csc(-c2ccccc2)n1. The molecule has 0 aliphatic carbocycles. The molecule has 0 saturated carbocycles. The Kier molecular flexibility index (Phi) is 6.27. The van der Waals surface area contributed by atoms with Crippen molar-refractivity contribution in [2.75, 3.05) is 0 Å². The Morgan fingerprint density at radius 1 is 1.15 bits per heavy atom. The second-order valence-corrected chi connectivity index (χ2v) is 6.37. The zero-order valence-electron chi connectivity index (χ0n) is 14.1. The molecule has 0 atom stereocenters. The molecule has 1 heterocycles. The van der Waals surface area contributed by atoms with Crippen LogP contribution in [0.25, 0.3) is 16.6 Å². The Balaban J connectivity index is 1.51. The highest BCUT2D eigenvalue weighted by molar-refractivity contribution is 7.13. The van der Waals surface area contributed by atoms with Gasteiger partial charge in [0.2, 0.25) is 5.91 Å². The number of alkyl halides is 2. The van der Waals surface area contributed by atoms with Crippen LogP contribution in [0.15, 0.2) is 66.1 Å². The number of halogens is 2. The minimum absolute atomic E-state index is 0.0735. The van der Waals surface area contributed by atoms with Crippen molar-refractivity contribution in [3.8, 4) is 16.3 Å². The second kappa shape index (κ2) is 9.05. The number of hydrogen-bond acceptors (Lipinski definition) is 4. The zero-order valence-corrected chi connectivity index (χ0v) is 15.0. The lowest BCUT2D eigenvalue weighted by Gasteiger charge is -2.03. The van der Waals surface area contributed by atoms with Crippen molar-refractivity contribution < 1.29 is 18.3 Å². The number of benzene rings is 2. The molecular weight excluding hydrogens is 370 g/mol. The fourth-order valence-electron chi connectivity index (χ4n) is 2.27. The molecule has 3 aromatic rings. The third-order valence-corrected chi connectivity index (χ3v) is 4.49. The maximum atomic E-state index is 12.1. The number of carbonyl (C=O) groups excluding carboxylic acids is 1. The van der Waals surface area contributed by atoms with Crippen LogP contribution < -0.4 is 10.1 Å². The molecule has 138 valence electrons. The van der Waals surface area contributed by atoms with E-state index in [1.165, 1.54) is 29.5 Å². The normalized spacial score (nSPS) is 11.1. The van der Waals surface area contributed by atoms with Crippen molar-refractivity contribution in [2.45, 2.75) is 13.2 Å². The van der Waals surface area contributed by atoms with Gasteiger partial charge in [-0.3, -0.25) is 4.79 Å². The molecule has 3 rings (SSSR count). The molecule has 0 saturated heterocycles. The van der Waals surface area contributed by atoms with Crippen molar-refractivity contribution in [2.24, 2.45) is 0 Å². The molecule has 0 unspecified atom stereocenters. The lowest BCUT2D eigenvalue weighted by molar-refractivity contribution is -0.116. The summed E-state index contributed by atoms with van der Waals surface area (Å²) < 4.78 is 28.5. The Hall–Kier alpha value is -3.06. The Bertz CT molecular complexity index is 909. The number of ether oxygens (including phenoxy) is 1. The summed E-state index contributed by atoms with van der Waals surface area (Å²) in [6.07, 6.45) is 2.98. The second-order valence-electron chi connectivity index (χ2n) is 5.51. The van der Waals surface area contributed by atoms with Crippen LogP contribution in [0.2, 0.25) is 0 Å². The molecule has 0 fully saturated rings. The van der Waals surface area contributed by atoms with E-state index >= 15 is 0 Å². The molecule has 1 N–H and O–H groups in total. The van der Waals surface area contributed by atoms with Crippen LogP contribution in [-0.4, -0.2) is 17.5 Å². The van der Waals surface area contributed by atoms with Crippen LogP contribution in [-0.2, 0) is 11.3 Å². The van der Waals surface area contributed by atoms with E-state index < -0.39 is 6.61 Å². The van der Waals surface area contributed by atoms with Gasteiger partial charge in [-0.1, -0.05) is 42.5 Å². The van der Waals surface area contributed by atoms with Crippen LogP contribution in [0.3, 0.4) is 0 Å². The predicted octanol–water partition coefficient (Wildman–Crippen LogP) is 4.74. The van der Waals surface area contributed by atoms with Gasteiger partial charge in [-0.25, -0.2) is 4.98 Å². The minimum atomic E-state index is -2.86. The van der Waals surface area contributed by atoms with Crippen LogP contribution in [0.4, 0.5) is 8.78 Å². The summed E-state index contributed by atoms with van der Waals surface area (Å²) in [7, 11) is 0. The third kappa shape index (κ3) is 5.72. The monoisotopic (exact) mass is 386 g/mol. The van der Waals surface area contributed by atoms with Gasteiger partial charge in [-0.15, -0.1) is 11.3 Å². The molecule has 0 radical (unpaired) electrons. The zero-order chi connectivity index (χ0) is 19.1. The van der Waals surface area contributed by atoms with E-state index in [1.54, 1.807) is 18.2 Å². The van der Waals surface area contributed by atoms with E-state index in [2.05, 4.69) is 15.0 Å². The molecule has 0 aliphatic heterocycles. The first kappa shape index (κ1) is 18.7. The molecule has 0 aliphatic rings. The van der Waals surface area contributed by atoms with E-state index in [4.69, 9.17) is 0 Å². The van der Waals surface area contributed by atoms with Crippen molar-refractivity contribution in [1.29, 1.82) is 0 Å². The molecule has 2 aromatic carbocycles. The summed E-state index contributed by atoms with van der Waals surface area (Å²) in [5.74, 6) is -0.193. The fourth-order valence-corrected chi connectivity index (χ4v) is 3.10. The van der Waals surface area contributed by atoms with Gasteiger partial charge in [-0.05, 0) is 23.8 Å². The van der Waals surface area contributed by atoms with E-state index in [9.17, 15) is 13.6 Å². The Labute approximate surface area is 159 Å². The highest BCUT2D eigenvalue weighted by atomic mass is 32.1. The van der Waals surface area contributed by atoms with Crippen LogP contribution >= 0.6 is 11.3 Å². The van der Waals surface area contributed by atoms with Gasteiger partial charge in [0.25, 0.3) is 0 Å². The highest BCUT2D eigenvalue weighted by Gasteiger charge is 2.05. The molecule has 0 spiro atoms. The van der Waals surface area contributed by atoms with E-state index in [-0.39, 0.29) is 11.7 Å². The van der Waals surface area contributed by atoms with Gasteiger partial charge < -0.3 is 10.1 Å². The van der Waals surface area contributed by atoms with Crippen LogP contribution in [0.1, 0.15) is 11.3 Å². The summed E-state index contributed by atoms with van der Waals surface area (Å²) >= 11 is 1.52. The van der Waals surface area contributed by atoms with Gasteiger partial charge in [0.1, 0.15) is 10.8 Å². The molecule has 7 heteroatoms. The number of rotatable bonds is 7. The molecule has 1 aromatic heterocycles. The minimum Gasteiger partial charge on any atom is -0.435 e. The number of hydrogen-bond donors (Lipinski definition) is 1. The Morgan fingerprint density at radius 3 is 2.59 bits per heavy atom. The molecular formula is C20H16F2N2O2S. The largest absolute Gasteiger partial charge is 0.435 e. The predicted molar refractivity (Wildman–Crippen MR) is 102 cm³/mol. The maximum Gasteiger partial charge on any atom is 0.387 e. The Morgan fingerprint density at radius 2 is 1.89 bits per heavy atom. The summed E-state index contributed by atoms with van der Waals surface area (Å²) in [5, 5.41) is 5.58. The average molecular weight is 386 g/mol. The van der Waals surface area contributed by atoms with Crippen LogP contribution in [0, 0.1) is 0 Å². The van der Waals surface area contributed by atoms with Gasteiger partial charge in [0.05, 0.1) is 12.2 Å². The number of nitrogens with zero attached hydrogens (tertiary/aromatic N) is 1. The molecule has 1 amide bonds. The van der Waals surface area contributed by atoms with Crippen molar-refractivity contribution in [3.63, 3.8) is 0 Å². The number of amides is 1. The lowest BCUT2D eigenvalue weighted by Crippen LogP contribution is -2.20. The lowest BCUT2D eigenvalue weighted by atomic mass is 10.2. The molecule has 4 nitrogen and oxygen atoms in total. The van der Waals surface area contributed by atoms with Crippen molar-refractivity contribution in [3.05, 3.63) is 77.3 Å². The van der Waals surface area contributed by atoms with Crippen molar-refractivity contribution >= 4 is 23.3 Å². The van der Waals surface area contributed by atoms with Crippen molar-refractivity contribution in [1.82, 2.24) is 10.3 Å². The third-order valence-electron chi connectivity index (χ3n) is 3.55. The smallest absolute Gasteiger partial charge is 0.387 e. The summed E-state index contributed by atoms with van der Waals surface area (Å²) in [6, 6.07) is 15.9. The van der Waals surface area contributed by atoms with Crippen LogP contribution in [0.5, 0.6) is 5.75 Å². The highest BCUT2D eigenvalue weighted by Crippen LogP contribution is 2.23. The van der Waals surface area contributed by atoms with Gasteiger partial charge in [0, 0.05) is 17.0 Å². The first-order valence-electron chi connectivity index (χ1n) is 8.11. The average Bonchev–Trinajstić information content (AvgIpc) is 3.15. The number of aromatic nitrogens is 1. The van der Waals surface area contributed by atoms with Gasteiger partial charge in [-0.2, -0.15) is 8.78 Å². The van der Waals surface area contributed by atoms with Gasteiger partial charge in [0.15, 0.2) is 0 Å².